The van der Waals surface area contributed by atoms with E-state index in [1.807, 2.05) is 6.92 Å². The number of carbonyl (C=O) groups excluding carboxylic acids is 2. The van der Waals surface area contributed by atoms with Crippen LogP contribution in [0.4, 0.5) is 10.7 Å². The minimum absolute atomic E-state index is 0.0882. The maximum Gasteiger partial charge on any atom is 0.343 e. The van der Waals surface area contributed by atoms with Crippen LogP contribution in [0.1, 0.15) is 62.7 Å². The standard InChI is InChI=1S/C25H23N3O6S/c1-2-33-19-13-15(9-12-18(19)34-25(30)14-7-10-16(11-8-14)28(31)32)22-26-23(29)21-17-5-3-4-6-20(17)35-24(21)27-22/h7-13,22,27H,2-6H2,1H3,(H,26,29)/t22-/m1/s1. The van der Waals surface area contributed by atoms with Crippen molar-refractivity contribution in [3.63, 3.8) is 0 Å². The Kier molecular flexibility index (Phi) is 6.12. The van der Waals surface area contributed by atoms with Gasteiger partial charge in [0.25, 0.3) is 11.6 Å². The minimum atomic E-state index is -0.661. The Balaban J connectivity index is 1.37. The molecule has 1 aliphatic carbocycles. The number of ether oxygens (including phenoxy) is 2. The summed E-state index contributed by atoms with van der Waals surface area (Å²) in [6.07, 6.45) is 3.74. The highest BCUT2D eigenvalue weighted by molar-refractivity contribution is 7.16. The topological polar surface area (TPSA) is 120 Å². The average molecular weight is 494 g/mol. The van der Waals surface area contributed by atoms with Crippen LogP contribution in [-0.4, -0.2) is 23.4 Å². The van der Waals surface area contributed by atoms with Crippen molar-refractivity contribution in [2.75, 3.05) is 11.9 Å². The third kappa shape index (κ3) is 4.44. The molecule has 0 unspecified atom stereocenters. The monoisotopic (exact) mass is 493 g/mol. The van der Waals surface area contributed by atoms with Crippen LogP contribution in [0.3, 0.4) is 0 Å². The third-order valence-electron chi connectivity index (χ3n) is 6.07. The average Bonchev–Trinajstić information content (AvgIpc) is 3.24. The fraction of sp³-hybridized carbons (Fsp3) is 0.280. The Morgan fingerprint density at radius 3 is 2.63 bits per heavy atom. The molecular formula is C25H23N3O6S. The molecule has 0 saturated carbocycles. The molecular weight excluding hydrogens is 470 g/mol. The van der Waals surface area contributed by atoms with Crippen molar-refractivity contribution >= 4 is 33.9 Å². The zero-order chi connectivity index (χ0) is 24.5. The summed E-state index contributed by atoms with van der Waals surface area (Å²) in [7, 11) is 0. The number of esters is 1. The second-order valence-electron chi connectivity index (χ2n) is 8.30. The minimum Gasteiger partial charge on any atom is -0.490 e. The van der Waals surface area contributed by atoms with Crippen molar-refractivity contribution < 1.29 is 24.0 Å². The van der Waals surface area contributed by atoms with Crippen LogP contribution < -0.4 is 20.1 Å². The Bertz CT molecular complexity index is 1320. The number of hydrogen-bond donors (Lipinski definition) is 2. The summed E-state index contributed by atoms with van der Waals surface area (Å²) < 4.78 is 11.2. The van der Waals surface area contributed by atoms with Crippen LogP contribution in [-0.2, 0) is 12.8 Å². The number of benzene rings is 2. The molecule has 2 aliphatic rings. The predicted molar refractivity (Wildman–Crippen MR) is 130 cm³/mol. The number of non-ortho nitro benzene ring substituents is 1. The molecule has 5 rings (SSSR count). The van der Waals surface area contributed by atoms with Gasteiger partial charge in [-0.15, -0.1) is 11.3 Å². The van der Waals surface area contributed by atoms with E-state index in [1.54, 1.807) is 29.5 Å². The fourth-order valence-electron chi connectivity index (χ4n) is 4.38. The number of hydrogen-bond acceptors (Lipinski definition) is 8. The summed E-state index contributed by atoms with van der Waals surface area (Å²) in [4.78, 5) is 37.1. The predicted octanol–water partition coefficient (Wildman–Crippen LogP) is 5.01. The molecule has 1 aliphatic heterocycles. The molecule has 0 bridgehead atoms. The van der Waals surface area contributed by atoms with Gasteiger partial charge in [0.2, 0.25) is 0 Å². The normalized spacial score (nSPS) is 16.4. The number of amides is 1. The molecule has 1 amide bonds. The molecule has 0 spiro atoms. The number of nitro groups is 1. The van der Waals surface area contributed by atoms with Crippen molar-refractivity contribution in [2.24, 2.45) is 0 Å². The molecule has 1 atom stereocenters. The van der Waals surface area contributed by atoms with Gasteiger partial charge in [0.15, 0.2) is 11.5 Å². The van der Waals surface area contributed by atoms with E-state index in [2.05, 4.69) is 10.6 Å². The van der Waals surface area contributed by atoms with Gasteiger partial charge in [0.1, 0.15) is 11.2 Å². The lowest BCUT2D eigenvalue weighted by molar-refractivity contribution is -0.384. The lowest BCUT2D eigenvalue weighted by atomic mass is 9.94. The molecule has 1 aromatic heterocycles. The van der Waals surface area contributed by atoms with Gasteiger partial charge in [-0.25, -0.2) is 4.79 Å². The lowest BCUT2D eigenvalue weighted by Crippen LogP contribution is -2.38. The lowest BCUT2D eigenvalue weighted by Gasteiger charge is -2.27. The number of fused-ring (bicyclic) bond motifs is 3. The number of thiophene rings is 1. The van der Waals surface area contributed by atoms with Gasteiger partial charge in [-0.3, -0.25) is 14.9 Å². The summed E-state index contributed by atoms with van der Waals surface area (Å²) in [6, 6.07) is 10.3. The molecule has 10 heteroatoms. The Hall–Kier alpha value is -3.92. The van der Waals surface area contributed by atoms with E-state index in [9.17, 15) is 19.7 Å². The van der Waals surface area contributed by atoms with Crippen LogP contribution in [0.5, 0.6) is 11.5 Å². The smallest absolute Gasteiger partial charge is 0.343 e. The summed E-state index contributed by atoms with van der Waals surface area (Å²) >= 11 is 1.65. The van der Waals surface area contributed by atoms with E-state index < -0.39 is 17.1 Å². The van der Waals surface area contributed by atoms with E-state index in [4.69, 9.17) is 9.47 Å². The molecule has 0 radical (unpaired) electrons. The van der Waals surface area contributed by atoms with E-state index >= 15 is 0 Å². The van der Waals surface area contributed by atoms with Gasteiger partial charge in [-0.2, -0.15) is 0 Å². The van der Waals surface area contributed by atoms with Gasteiger partial charge < -0.3 is 20.1 Å². The first-order chi connectivity index (χ1) is 16.9. The van der Waals surface area contributed by atoms with Crippen LogP contribution in [0, 0.1) is 10.1 Å². The second kappa shape index (κ2) is 9.38. The number of carbonyl (C=O) groups is 2. The van der Waals surface area contributed by atoms with Gasteiger partial charge in [-0.1, -0.05) is 6.07 Å². The molecule has 9 nitrogen and oxygen atoms in total. The van der Waals surface area contributed by atoms with Crippen LogP contribution in [0.25, 0.3) is 0 Å². The molecule has 180 valence electrons. The second-order valence-corrected chi connectivity index (χ2v) is 9.40. The van der Waals surface area contributed by atoms with Crippen molar-refractivity contribution in [1.29, 1.82) is 0 Å². The maximum absolute atomic E-state index is 13.0. The van der Waals surface area contributed by atoms with Crippen molar-refractivity contribution in [3.8, 4) is 11.5 Å². The Labute approximate surface area is 205 Å². The van der Waals surface area contributed by atoms with E-state index in [0.717, 1.165) is 41.8 Å². The Morgan fingerprint density at radius 1 is 1.11 bits per heavy atom. The van der Waals surface area contributed by atoms with Gasteiger partial charge >= 0.3 is 5.97 Å². The van der Waals surface area contributed by atoms with Crippen LogP contribution in [0.15, 0.2) is 42.5 Å². The molecule has 0 fully saturated rings. The molecule has 2 aromatic carbocycles. The van der Waals surface area contributed by atoms with E-state index in [-0.39, 0.29) is 22.9 Å². The quantitative estimate of drug-likeness (QED) is 0.214. The first-order valence-electron chi connectivity index (χ1n) is 11.4. The maximum atomic E-state index is 13.0. The van der Waals surface area contributed by atoms with Crippen molar-refractivity contribution in [3.05, 3.63) is 79.7 Å². The van der Waals surface area contributed by atoms with Crippen molar-refractivity contribution in [1.82, 2.24) is 5.32 Å². The van der Waals surface area contributed by atoms with Gasteiger partial charge in [0.05, 0.1) is 22.7 Å². The number of nitrogens with zero attached hydrogens (tertiary/aromatic N) is 1. The first kappa shape index (κ1) is 22.9. The molecule has 35 heavy (non-hydrogen) atoms. The van der Waals surface area contributed by atoms with Crippen molar-refractivity contribution in [2.45, 2.75) is 38.8 Å². The van der Waals surface area contributed by atoms with Gasteiger partial charge in [-0.05, 0) is 68.0 Å². The zero-order valence-electron chi connectivity index (χ0n) is 19.0. The number of nitrogens with one attached hydrogen (secondary N) is 2. The number of rotatable bonds is 6. The molecule has 3 aromatic rings. The summed E-state index contributed by atoms with van der Waals surface area (Å²) in [5, 5.41) is 18.2. The number of nitro benzene ring substituents is 1. The van der Waals surface area contributed by atoms with E-state index in [1.165, 1.54) is 34.7 Å². The molecule has 2 heterocycles. The SMILES string of the molecule is CCOc1cc([C@@H]2NC(=O)c3c(sc4c3CCCC4)N2)ccc1OC(=O)c1ccc([N+](=O)[O-])cc1. The summed E-state index contributed by atoms with van der Waals surface area (Å²) in [5.41, 5.74) is 2.76. The highest BCUT2D eigenvalue weighted by atomic mass is 32.1. The molecule has 0 saturated heterocycles. The highest BCUT2D eigenvalue weighted by Gasteiger charge is 2.32. The fourth-order valence-corrected chi connectivity index (χ4v) is 5.69. The summed E-state index contributed by atoms with van der Waals surface area (Å²) in [5.74, 6) is -0.178. The largest absolute Gasteiger partial charge is 0.490 e. The molecule has 2 N–H and O–H groups in total. The number of anilines is 1. The van der Waals surface area contributed by atoms with Crippen LogP contribution >= 0.6 is 11.3 Å². The number of aryl methyl sites for hydroxylation is 1. The zero-order valence-corrected chi connectivity index (χ0v) is 19.8. The third-order valence-corrected chi connectivity index (χ3v) is 7.29. The van der Waals surface area contributed by atoms with Gasteiger partial charge in [0, 0.05) is 17.0 Å². The highest BCUT2D eigenvalue weighted by Crippen LogP contribution is 2.42. The van der Waals surface area contributed by atoms with E-state index in [0.29, 0.717) is 12.4 Å². The first-order valence-corrected chi connectivity index (χ1v) is 12.2. The summed E-state index contributed by atoms with van der Waals surface area (Å²) in [6.45, 7) is 2.16. The Morgan fingerprint density at radius 2 is 1.89 bits per heavy atom. The van der Waals surface area contributed by atoms with Crippen LogP contribution in [0.2, 0.25) is 0 Å².